The van der Waals surface area contributed by atoms with E-state index in [-0.39, 0.29) is 22.6 Å². The number of hydrogen-bond donors (Lipinski definition) is 3. The number of halogens is 1. The van der Waals surface area contributed by atoms with Gasteiger partial charge in [-0.3, -0.25) is 14.0 Å². The molecular weight excluding hydrogens is 386 g/mol. The molecule has 0 radical (unpaired) electrons. The molecular formula is C15H22ClN3O6S. The van der Waals surface area contributed by atoms with Crippen LogP contribution < -0.4 is 10.6 Å². The average Bonchev–Trinajstić information content (AvgIpc) is 2.60. The van der Waals surface area contributed by atoms with Gasteiger partial charge in [-0.15, -0.1) is 0 Å². The minimum absolute atomic E-state index is 0.0830. The van der Waals surface area contributed by atoms with Gasteiger partial charge in [-0.1, -0.05) is 29.9 Å². The zero-order valence-electron chi connectivity index (χ0n) is 14.9. The van der Waals surface area contributed by atoms with Gasteiger partial charge in [-0.2, -0.15) is 0 Å². The van der Waals surface area contributed by atoms with Crippen LogP contribution in [0.2, 0.25) is 5.02 Å². The highest BCUT2D eigenvalue weighted by molar-refractivity contribution is 7.89. The van der Waals surface area contributed by atoms with Crippen LogP contribution in [0.15, 0.2) is 26.2 Å². The van der Waals surface area contributed by atoms with E-state index in [1.54, 1.807) is 0 Å². The predicted molar refractivity (Wildman–Crippen MR) is 97.3 cm³/mol. The molecule has 0 unspecified atom stereocenters. The monoisotopic (exact) mass is 407 g/mol. The Hall–Kier alpha value is -1.88. The second-order valence-electron chi connectivity index (χ2n) is 5.48. The van der Waals surface area contributed by atoms with Crippen molar-refractivity contribution in [2.24, 2.45) is 0 Å². The highest BCUT2D eigenvalue weighted by atomic mass is 35.5. The summed E-state index contributed by atoms with van der Waals surface area (Å²) in [4.78, 5) is 4.23. The Morgan fingerprint density at radius 3 is 2.38 bits per heavy atom. The first-order valence-corrected chi connectivity index (χ1v) is 9.74. The predicted octanol–water partition coefficient (Wildman–Crippen LogP) is 3.76. The second kappa shape index (κ2) is 8.21. The number of nitrogens with zero attached hydrogens (tertiary/aromatic N) is 1. The summed E-state index contributed by atoms with van der Waals surface area (Å²) >= 11 is 5.98. The summed E-state index contributed by atoms with van der Waals surface area (Å²) in [6, 6.07) is 2.96. The molecule has 11 heteroatoms. The Bertz CT molecular complexity index is 844. The summed E-state index contributed by atoms with van der Waals surface area (Å²) in [5, 5.41) is 16.2. The van der Waals surface area contributed by atoms with Crippen molar-refractivity contribution in [3.8, 4) is 5.75 Å². The smallest absolute Gasteiger partial charge is 0.313 e. The number of anilines is 3. The van der Waals surface area contributed by atoms with Gasteiger partial charge in [0.2, 0.25) is 0 Å². The fraction of sp³-hybridized carbons (Fsp3) is 0.467. The summed E-state index contributed by atoms with van der Waals surface area (Å²) in [5.41, 5.74) is 0.0830. The molecule has 0 spiro atoms. The second-order valence-corrected chi connectivity index (χ2v) is 7.76. The molecule has 0 aliphatic carbocycles. The van der Waals surface area contributed by atoms with Crippen LogP contribution in [0.3, 0.4) is 0 Å². The minimum atomic E-state index is -4.15. The van der Waals surface area contributed by atoms with Crippen molar-refractivity contribution in [1.82, 2.24) is 4.47 Å². The molecule has 0 bridgehead atoms. The average molecular weight is 408 g/mol. The molecule has 0 saturated heterocycles. The maximum absolute atomic E-state index is 12.5. The van der Waals surface area contributed by atoms with E-state index in [0.717, 1.165) is 12.8 Å². The highest BCUT2D eigenvalue weighted by Gasteiger charge is 2.30. The lowest BCUT2D eigenvalue weighted by molar-refractivity contribution is -0.0259. The molecule has 0 atom stereocenters. The van der Waals surface area contributed by atoms with E-state index in [1.165, 1.54) is 26.3 Å². The number of aromatic hydroxyl groups is 1. The Balaban J connectivity index is 2.33. The van der Waals surface area contributed by atoms with Crippen LogP contribution >= 0.6 is 11.6 Å². The minimum Gasteiger partial charge on any atom is -0.504 e. The molecule has 0 fully saturated rings. The van der Waals surface area contributed by atoms with Crippen molar-refractivity contribution in [2.45, 2.75) is 37.6 Å². The van der Waals surface area contributed by atoms with E-state index in [2.05, 4.69) is 10.6 Å². The van der Waals surface area contributed by atoms with Crippen molar-refractivity contribution in [1.29, 1.82) is 0 Å². The summed E-state index contributed by atoms with van der Waals surface area (Å²) in [5.74, 6) is 0.0238. The highest BCUT2D eigenvalue weighted by Crippen LogP contribution is 2.41. The normalized spacial score (nSPS) is 12.1. The maximum atomic E-state index is 12.5. The molecule has 0 aliphatic rings. The van der Waals surface area contributed by atoms with Crippen molar-refractivity contribution in [2.75, 3.05) is 24.8 Å². The molecule has 9 nitrogen and oxygen atoms in total. The molecule has 1 heterocycles. The molecule has 2 aromatic rings. The molecule has 1 aromatic carbocycles. The molecule has 0 aliphatic heterocycles. The van der Waals surface area contributed by atoms with Gasteiger partial charge >= 0.3 is 11.8 Å². The lowest BCUT2D eigenvalue weighted by Crippen LogP contribution is -2.26. The van der Waals surface area contributed by atoms with Gasteiger partial charge in [-0.05, 0) is 25.0 Å². The van der Waals surface area contributed by atoms with E-state index >= 15 is 0 Å². The van der Waals surface area contributed by atoms with Crippen molar-refractivity contribution in [3.63, 3.8) is 0 Å². The van der Waals surface area contributed by atoms with Gasteiger partial charge in [0.25, 0.3) is 10.0 Å². The quantitative estimate of drug-likeness (QED) is 0.327. The first kappa shape index (κ1) is 20.4. The SMILES string of the molecule is CCC(CC)Nc1ooc1Nc1ccc(Cl)c(S(=O)(=O)N(C)OC)c1O. The van der Waals surface area contributed by atoms with Crippen LogP contribution in [0.25, 0.3) is 0 Å². The van der Waals surface area contributed by atoms with Crippen LogP contribution in [0.4, 0.5) is 17.5 Å². The first-order chi connectivity index (χ1) is 12.3. The van der Waals surface area contributed by atoms with Crippen LogP contribution in [0.5, 0.6) is 5.75 Å². The standard InChI is InChI=1S/C15H22ClN3O6S/c1-5-9(6-2)17-14-15(25-24-14)18-11-8-7-10(16)13(12(11)20)26(21,22)19(3)23-4/h7-9,17-18,20H,5-6H2,1-4H3. The number of nitrogens with one attached hydrogen (secondary N) is 2. The van der Waals surface area contributed by atoms with Crippen molar-refractivity contribution >= 4 is 39.1 Å². The number of hydroxylamine groups is 1. The topological polar surface area (TPSA) is 117 Å². The number of phenolic OH excluding ortho intramolecular Hbond substituents is 1. The summed E-state index contributed by atoms with van der Waals surface area (Å²) in [6.07, 6.45) is 1.77. The largest absolute Gasteiger partial charge is 0.504 e. The third-order valence-electron chi connectivity index (χ3n) is 3.92. The zero-order valence-corrected chi connectivity index (χ0v) is 16.4. The Morgan fingerprint density at radius 1 is 1.27 bits per heavy atom. The van der Waals surface area contributed by atoms with E-state index in [1.807, 2.05) is 13.8 Å². The fourth-order valence-electron chi connectivity index (χ4n) is 2.21. The van der Waals surface area contributed by atoms with E-state index in [0.29, 0.717) is 10.4 Å². The Kier molecular flexibility index (Phi) is 6.45. The van der Waals surface area contributed by atoms with Gasteiger partial charge in [0.1, 0.15) is 4.90 Å². The number of sulfonamides is 1. The summed E-state index contributed by atoms with van der Waals surface area (Å²) in [7, 11) is -1.78. The van der Waals surface area contributed by atoms with Crippen molar-refractivity contribution < 1.29 is 27.5 Å². The molecule has 0 saturated carbocycles. The molecule has 0 amide bonds. The lowest BCUT2D eigenvalue weighted by atomic mass is 10.2. The number of benzene rings is 1. The van der Waals surface area contributed by atoms with Crippen LogP contribution in [0.1, 0.15) is 26.7 Å². The first-order valence-electron chi connectivity index (χ1n) is 7.93. The van der Waals surface area contributed by atoms with Crippen LogP contribution in [-0.4, -0.2) is 38.2 Å². The third-order valence-corrected chi connectivity index (χ3v) is 6.10. The van der Waals surface area contributed by atoms with E-state index in [4.69, 9.17) is 25.6 Å². The van der Waals surface area contributed by atoms with Gasteiger partial charge in [0, 0.05) is 13.1 Å². The Morgan fingerprint density at radius 2 is 1.88 bits per heavy atom. The number of rotatable bonds is 9. The Labute approximate surface area is 156 Å². The number of hydrogen-bond acceptors (Lipinski definition) is 8. The van der Waals surface area contributed by atoms with E-state index in [9.17, 15) is 13.5 Å². The molecule has 26 heavy (non-hydrogen) atoms. The van der Waals surface area contributed by atoms with Gasteiger partial charge in [0.05, 0.1) is 17.8 Å². The maximum Gasteiger partial charge on any atom is 0.313 e. The lowest BCUT2D eigenvalue weighted by Gasteiger charge is -2.19. The van der Waals surface area contributed by atoms with Gasteiger partial charge < -0.3 is 15.7 Å². The van der Waals surface area contributed by atoms with E-state index < -0.39 is 20.7 Å². The van der Waals surface area contributed by atoms with Crippen LogP contribution in [0, 0.1) is 0 Å². The van der Waals surface area contributed by atoms with Crippen LogP contribution in [-0.2, 0) is 14.9 Å². The molecule has 2 rings (SSSR count). The molecule has 146 valence electrons. The fourth-order valence-corrected chi connectivity index (χ4v) is 3.78. The summed E-state index contributed by atoms with van der Waals surface area (Å²) < 4.78 is 35.3. The number of phenols is 1. The van der Waals surface area contributed by atoms with Gasteiger partial charge in [-0.25, -0.2) is 8.42 Å². The van der Waals surface area contributed by atoms with Crippen molar-refractivity contribution in [3.05, 3.63) is 17.2 Å². The summed E-state index contributed by atoms with van der Waals surface area (Å²) in [6.45, 7) is 4.06. The van der Waals surface area contributed by atoms with Gasteiger partial charge in [0.15, 0.2) is 5.75 Å². The third kappa shape index (κ3) is 3.93. The molecule has 1 aromatic heterocycles. The zero-order chi connectivity index (χ0) is 19.5. The molecule has 3 N–H and O–H groups in total.